The van der Waals surface area contributed by atoms with Crippen LogP contribution in [0.2, 0.25) is 0 Å². The summed E-state index contributed by atoms with van der Waals surface area (Å²) in [5.41, 5.74) is 7.16. The van der Waals surface area contributed by atoms with E-state index in [0.29, 0.717) is 0 Å². The second-order valence-electron chi connectivity index (χ2n) is 2.82. The van der Waals surface area contributed by atoms with Crippen molar-refractivity contribution in [3.8, 4) is 0 Å². The molecule has 68 valence electrons. The molecular weight excluding hydrogens is 168 g/mol. The van der Waals surface area contributed by atoms with E-state index in [4.69, 9.17) is 5.73 Å². The minimum atomic E-state index is 0.213. The zero-order chi connectivity index (χ0) is 8.97. The molecule has 0 radical (unpaired) electrons. The van der Waals surface area contributed by atoms with Gasteiger partial charge in [0.15, 0.2) is 0 Å². The summed E-state index contributed by atoms with van der Waals surface area (Å²) in [6.45, 7) is 3.08. The van der Waals surface area contributed by atoms with E-state index in [1.54, 1.807) is 11.9 Å². The van der Waals surface area contributed by atoms with Crippen LogP contribution in [0, 0.1) is 0 Å². The van der Waals surface area contributed by atoms with E-state index in [9.17, 15) is 0 Å². The summed E-state index contributed by atoms with van der Waals surface area (Å²) >= 11 is 1.73. The van der Waals surface area contributed by atoms with Crippen LogP contribution < -0.4 is 5.73 Å². The van der Waals surface area contributed by atoms with Gasteiger partial charge in [0, 0.05) is 25.0 Å². The number of rotatable bonds is 3. The van der Waals surface area contributed by atoms with E-state index >= 15 is 0 Å². The van der Waals surface area contributed by atoms with Crippen LogP contribution in [0.3, 0.4) is 0 Å². The van der Waals surface area contributed by atoms with Crippen molar-refractivity contribution in [1.82, 2.24) is 4.31 Å². The van der Waals surface area contributed by atoms with Gasteiger partial charge in [-0.15, -0.1) is 0 Å². The predicted octanol–water partition coefficient (Wildman–Crippen LogP) is 1.76. The lowest BCUT2D eigenvalue weighted by molar-refractivity contribution is 0.664. The quantitative estimate of drug-likeness (QED) is 0.678. The Morgan fingerprint density at radius 2 is 2.50 bits per heavy atom. The first-order chi connectivity index (χ1) is 5.77. The fourth-order valence-electron chi connectivity index (χ4n) is 1.14. The van der Waals surface area contributed by atoms with Gasteiger partial charge in [0.05, 0.1) is 0 Å². The lowest BCUT2D eigenvalue weighted by Crippen LogP contribution is -2.24. The Kier molecular flexibility index (Phi) is 3.69. The number of hydrogen-bond acceptors (Lipinski definition) is 3. The standard InChI is InChI=1S/C9H16N2S/c1-3-9(10)8-4-6-11(12-2)7-5-8/h4-6,9H,3,7,10H2,1-2H3/t9-/m0/s1. The van der Waals surface area contributed by atoms with Crippen molar-refractivity contribution >= 4 is 11.9 Å². The molecule has 0 aromatic carbocycles. The summed E-state index contributed by atoms with van der Waals surface area (Å²) in [7, 11) is 0. The fourth-order valence-corrected chi connectivity index (χ4v) is 1.55. The minimum absolute atomic E-state index is 0.213. The highest BCUT2D eigenvalue weighted by atomic mass is 32.2. The van der Waals surface area contributed by atoms with E-state index in [-0.39, 0.29) is 6.04 Å². The van der Waals surface area contributed by atoms with Crippen LogP contribution in [0.4, 0.5) is 0 Å². The molecular formula is C9H16N2S. The Morgan fingerprint density at radius 3 is 2.92 bits per heavy atom. The number of nitrogens with two attached hydrogens (primary N) is 1. The Balaban J connectivity index is 2.51. The molecule has 12 heavy (non-hydrogen) atoms. The third-order valence-electron chi connectivity index (χ3n) is 2.04. The van der Waals surface area contributed by atoms with E-state index < -0.39 is 0 Å². The molecule has 2 nitrogen and oxygen atoms in total. The largest absolute Gasteiger partial charge is 0.324 e. The van der Waals surface area contributed by atoms with Crippen molar-refractivity contribution in [2.75, 3.05) is 12.8 Å². The van der Waals surface area contributed by atoms with Gasteiger partial charge in [-0.3, -0.25) is 0 Å². The Morgan fingerprint density at radius 1 is 1.75 bits per heavy atom. The summed E-state index contributed by atoms with van der Waals surface area (Å²) in [4.78, 5) is 0. The maximum atomic E-state index is 5.89. The van der Waals surface area contributed by atoms with Crippen LogP contribution in [-0.2, 0) is 0 Å². The Bertz CT molecular complexity index is 199. The average Bonchev–Trinajstić information content (AvgIpc) is 2.17. The average molecular weight is 184 g/mol. The summed E-state index contributed by atoms with van der Waals surface area (Å²) in [5, 5.41) is 0. The molecule has 1 rings (SSSR count). The van der Waals surface area contributed by atoms with Crippen LogP contribution in [0.1, 0.15) is 13.3 Å². The SMILES string of the molecule is CC[C@H](N)C1=CCN(SC)C=C1. The molecule has 1 aliphatic rings. The molecule has 3 heteroatoms. The van der Waals surface area contributed by atoms with Gasteiger partial charge in [-0.25, -0.2) is 0 Å². The van der Waals surface area contributed by atoms with Gasteiger partial charge in [0.25, 0.3) is 0 Å². The van der Waals surface area contributed by atoms with Crippen molar-refractivity contribution in [3.63, 3.8) is 0 Å². The third kappa shape index (κ3) is 2.29. The van der Waals surface area contributed by atoms with Gasteiger partial charge >= 0.3 is 0 Å². The van der Waals surface area contributed by atoms with E-state index in [1.165, 1.54) is 5.57 Å². The van der Waals surface area contributed by atoms with Gasteiger partial charge < -0.3 is 10.0 Å². The maximum Gasteiger partial charge on any atom is 0.0476 e. The summed E-state index contributed by atoms with van der Waals surface area (Å²) in [5.74, 6) is 0. The van der Waals surface area contributed by atoms with Crippen LogP contribution >= 0.6 is 11.9 Å². The van der Waals surface area contributed by atoms with Crippen LogP contribution in [0.5, 0.6) is 0 Å². The summed E-state index contributed by atoms with van der Waals surface area (Å²) in [6.07, 6.45) is 9.48. The van der Waals surface area contributed by atoms with E-state index in [1.807, 2.05) is 0 Å². The molecule has 0 unspecified atom stereocenters. The summed E-state index contributed by atoms with van der Waals surface area (Å²) < 4.78 is 2.17. The summed E-state index contributed by atoms with van der Waals surface area (Å²) in [6, 6.07) is 0.213. The van der Waals surface area contributed by atoms with Crippen LogP contribution in [0.15, 0.2) is 23.9 Å². The monoisotopic (exact) mass is 184 g/mol. The zero-order valence-electron chi connectivity index (χ0n) is 7.66. The Hall–Kier alpha value is -0.410. The molecule has 1 atom stereocenters. The molecule has 0 saturated carbocycles. The maximum absolute atomic E-state index is 5.89. The zero-order valence-corrected chi connectivity index (χ0v) is 8.47. The molecule has 1 heterocycles. The molecule has 0 bridgehead atoms. The topological polar surface area (TPSA) is 29.3 Å². The molecule has 0 amide bonds. The van der Waals surface area contributed by atoms with Gasteiger partial charge in [-0.05, 0) is 18.1 Å². The lowest BCUT2D eigenvalue weighted by atomic mass is 10.0. The van der Waals surface area contributed by atoms with Gasteiger partial charge in [0.2, 0.25) is 0 Å². The Labute approximate surface area is 78.6 Å². The second kappa shape index (κ2) is 4.58. The molecule has 0 fully saturated rings. The van der Waals surface area contributed by atoms with Crippen molar-refractivity contribution in [2.24, 2.45) is 5.73 Å². The van der Waals surface area contributed by atoms with E-state index in [2.05, 4.69) is 35.8 Å². The normalized spacial score (nSPS) is 19.2. The van der Waals surface area contributed by atoms with E-state index in [0.717, 1.165) is 13.0 Å². The molecule has 0 spiro atoms. The van der Waals surface area contributed by atoms with Crippen molar-refractivity contribution in [1.29, 1.82) is 0 Å². The van der Waals surface area contributed by atoms with Crippen LogP contribution in [0.25, 0.3) is 0 Å². The number of nitrogens with zero attached hydrogens (tertiary/aromatic N) is 1. The second-order valence-corrected chi connectivity index (χ2v) is 3.65. The molecule has 0 aliphatic carbocycles. The first-order valence-corrected chi connectivity index (χ1v) is 5.40. The van der Waals surface area contributed by atoms with Gasteiger partial charge in [0.1, 0.15) is 0 Å². The highest BCUT2D eigenvalue weighted by molar-refractivity contribution is 7.96. The molecule has 0 aromatic rings. The fraction of sp³-hybridized carbons (Fsp3) is 0.556. The molecule has 0 aromatic heterocycles. The molecule has 2 N–H and O–H groups in total. The molecule has 1 aliphatic heterocycles. The first-order valence-electron chi connectivity index (χ1n) is 4.22. The smallest absolute Gasteiger partial charge is 0.0476 e. The van der Waals surface area contributed by atoms with Crippen molar-refractivity contribution in [3.05, 3.63) is 23.9 Å². The third-order valence-corrected chi connectivity index (χ3v) is 2.78. The van der Waals surface area contributed by atoms with Gasteiger partial charge in [-0.2, -0.15) is 0 Å². The van der Waals surface area contributed by atoms with Gasteiger partial charge in [-0.1, -0.05) is 24.9 Å². The first kappa shape index (κ1) is 9.68. The number of hydrogen-bond donors (Lipinski definition) is 1. The molecule has 0 saturated heterocycles. The predicted molar refractivity (Wildman–Crippen MR) is 55.7 cm³/mol. The highest BCUT2D eigenvalue weighted by Gasteiger charge is 2.08. The lowest BCUT2D eigenvalue weighted by Gasteiger charge is -2.21. The minimum Gasteiger partial charge on any atom is -0.324 e. The van der Waals surface area contributed by atoms with Crippen molar-refractivity contribution in [2.45, 2.75) is 19.4 Å². The van der Waals surface area contributed by atoms with Crippen LogP contribution in [-0.4, -0.2) is 23.1 Å². The van der Waals surface area contributed by atoms with Crippen molar-refractivity contribution < 1.29 is 0 Å². The highest BCUT2D eigenvalue weighted by Crippen LogP contribution is 2.16.